The van der Waals surface area contributed by atoms with E-state index in [1.54, 1.807) is 6.08 Å². The highest BCUT2D eigenvalue weighted by molar-refractivity contribution is 6.02. The number of aromatic nitrogens is 3. The van der Waals surface area contributed by atoms with E-state index in [1.165, 1.54) is 10.9 Å². The lowest BCUT2D eigenvalue weighted by Crippen LogP contribution is -2.19. The number of furan rings is 1. The van der Waals surface area contributed by atoms with Crippen LogP contribution in [0.5, 0.6) is 0 Å². The first kappa shape index (κ1) is 11.6. The molecule has 0 saturated carbocycles. The number of allylic oxidation sites excluding steroid dienone is 1. The van der Waals surface area contributed by atoms with E-state index in [2.05, 4.69) is 16.5 Å². The van der Waals surface area contributed by atoms with Crippen LogP contribution in [0.4, 0.5) is 0 Å². The zero-order valence-corrected chi connectivity index (χ0v) is 10.8. The predicted molar refractivity (Wildman–Crippen MR) is 73.2 cm³/mol. The monoisotopic (exact) mass is 255 g/mol. The summed E-state index contributed by atoms with van der Waals surface area (Å²) in [6.07, 6.45) is 3.16. The van der Waals surface area contributed by atoms with Crippen LogP contribution in [0.1, 0.15) is 11.3 Å². The number of fused-ring (bicyclic) bond motifs is 3. The van der Waals surface area contributed by atoms with E-state index < -0.39 is 0 Å². The van der Waals surface area contributed by atoms with Crippen molar-refractivity contribution in [3.8, 4) is 0 Å². The van der Waals surface area contributed by atoms with Gasteiger partial charge < -0.3 is 4.42 Å². The van der Waals surface area contributed by atoms with E-state index >= 15 is 0 Å². The van der Waals surface area contributed by atoms with Crippen LogP contribution in [0, 0.1) is 13.8 Å². The van der Waals surface area contributed by atoms with Gasteiger partial charge in [0.25, 0.3) is 5.56 Å². The third-order valence-electron chi connectivity index (χ3n) is 3.07. The quantitative estimate of drug-likeness (QED) is 0.659. The van der Waals surface area contributed by atoms with Crippen molar-refractivity contribution in [1.82, 2.24) is 14.5 Å². The van der Waals surface area contributed by atoms with Crippen LogP contribution in [-0.4, -0.2) is 14.5 Å². The van der Waals surface area contributed by atoms with Crippen LogP contribution in [0.25, 0.3) is 22.2 Å². The Morgan fingerprint density at radius 1 is 1.47 bits per heavy atom. The summed E-state index contributed by atoms with van der Waals surface area (Å²) in [5.74, 6) is 0. The molecule has 0 saturated heterocycles. The first-order chi connectivity index (χ1) is 9.11. The maximum Gasteiger partial charge on any atom is 0.297 e. The Bertz CT molecular complexity index is 858. The smallest absolute Gasteiger partial charge is 0.297 e. The molecule has 0 atom stereocenters. The van der Waals surface area contributed by atoms with Gasteiger partial charge in [0.05, 0.1) is 11.7 Å². The lowest BCUT2D eigenvalue weighted by atomic mass is 10.1. The van der Waals surface area contributed by atoms with Gasteiger partial charge in [-0.2, -0.15) is 0 Å². The molecule has 0 radical (unpaired) electrons. The summed E-state index contributed by atoms with van der Waals surface area (Å²) in [5.41, 5.74) is 2.95. The van der Waals surface area contributed by atoms with Crippen molar-refractivity contribution < 1.29 is 4.42 Å². The number of hydrogen-bond acceptors (Lipinski definition) is 4. The Kier molecular flexibility index (Phi) is 2.48. The molecule has 3 aromatic rings. The Labute approximate surface area is 109 Å². The molecule has 96 valence electrons. The van der Waals surface area contributed by atoms with Crippen molar-refractivity contribution in [3.63, 3.8) is 0 Å². The average molecular weight is 255 g/mol. The van der Waals surface area contributed by atoms with Gasteiger partial charge in [-0.05, 0) is 25.5 Å². The van der Waals surface area contributed by atoms with Crippen molar-refractivity contribution in [3.05, 3.63) is 46.7 Å². The predicted octanol–water partition coefficient (Wildman–Crippen LogP) is 2.34. The average Bonchev–Trinajstić information content (AvgIpc) is 2.72. The molecule has 19 heavy (non-hydrogen) atoms. The fraction of sp³-hybridized carbons (Fsp3) is 0.214. The van der Waals surface area contributed by atoms with E-state index in [0.717, 1.165) is 16.6 Å². The number of rotatable bonds is 2. The summed E-state index contributed by atoms with van der Waals surface area (Å²) >= 11 is 0. The molecule has 0 unspecified atom stereocenters. The lowest BCUT2D eigenvalue weighted by Gasteiger charge is -1.99. The van der Waals surface area contributed by atoms with E-state index in [0.29, 0.717) is 17.8 Å². The zero-order valence-electron chi connectivity index (χ0n) is 10.8. The van der Waals surface area contributed by atoms with E-state index in [4.69, 9.17) is 4.42 Å². The Hall–Kier alpha value is -2.43. The number of nitrogens with zero attached hydrogens (tertiary/aromatic N) is 3. The van der Waals surface area contributed by atoms with Gasteiger partial charge in [0.2, 0.25) is 11.3 Å². The largest absolute Gasteiger partial charge is 0.430 e. The molecule has 0 N–H and O–H groups in total. The molecule has 0 spiro atoms. The minimum Gasteiger partial charge on any atom is -0.430 e. The van der Waals surface area contributed by atoms with Crippen molar-refractivity contribution in [1.29, 1.82) is 0 Å². The first-order valence-electron chi connectivity index (χ1n) is 5.98. The molecule has 0 aliphatic rings. The highest BCUT2D eigenvalue weighted by Crippen LogP contribution is 2.26. The molecule has 3 rings (SSSR count). The SMILES string of the molecule is C=CCn1cnc2c(oc3nc(C)cc(C)c32)c1=O. The van der Waals surface area contributed by atoms with Crippen LogP contribution >= 0.6 is 0 Å². The van der Waals surface area contributed by atoms with Crippen LogP contribution in [0.2, 0.25) is 0 Å². The lowest BCUT2D eigenvalue weighted by molar-refractivity contribution is 0.632. The van der Waals surface area contributed by atoms with Gasteiger partial charge in [0, 0.05) is 12.2 Å². The molecule has 0 aliphatic heterocycles. The molecule has 5 nitrogen and oxygen atoms in total. The number of hydrogen-bond donors (Lipinski definition) is 0. The first-order valence-corrected chi connectivity index (χ1v) is 5.98. The van der Waals surface area contributed by atoms with Crippen LogP contribution in [-0.2, 0) is 6.54 Å². The maximum atomic E-state index is 12.2. The molecule has 0 aliphatic carbocycles. The van der Waals surface area contributed by atoms with Crippen molar-refractivity contribution in [2.24, 2.45) is 0 Å². The fourth-order valence-corrected chi connectivity index (χ4v) is 2.27. The summed E-state index contributed by atoms with van der Waals surface area (Å²) in [6, 6.07) is 1.95. The second-order valence-corrected chi connectivity index (χ2v) is 4.53. The van der Waals surface area contributed by atoms with Crippen LogP contribution < -0.4 is 5.56 Å². The van der Waals surface area contributed by atoms with E-state index in [-0.39, 0.29) is 11.1 Å². The Balaban J connectivity index is 2.47. The third kappa shape index (κ3) is 1.66. The second kappa shape index (κ2) is 4.05. The van der Waals surface area contributed by atoms with Crippen molar-refractivity contribution in [2.45, 2.75) is 20.4 Å². The molecular formula is C14H13N3O2. The van der Waals surface area contributed by atoms with Crippen molar-refractivity contribution >= 4 is 22.2 Å². The van der Waals surface area contributed by atoms with Gasteiger partial charge in [-0.1, -0.05) is 6.08 Å². The summed E-state index contributed by atoms with van der Waals surface area (Å²) in [4.78, 5) is 20.9. The zero-order chi connectivity index (χ0) is 13.6. The molecule has 0 aromatic carbocycles. The minimum absolute atomic E-state index is 0.208. The second-order valence-electron chi connectivity index (χ2n) is 4.53. The topological polar surface area (TPSA) is 60.9 Å². The third-order valence-corrected chi connectivity index (χ3v) is 3.07. The van der Waals surface area contributed by atoms with Crippen molar-refractivity contribution in [2.75, 3.05) is 0 Å². The molecule has 3 heterocycles. The molecule has 0 amide bonds. The maximum absolute atomic E-state index is 12.2. The Morgan fingerprint density at radius 2 is 2.26 bits per heavy atom. The van der Waals surface area contributed by atoms with Gasteiger partial charge in [0.1, 0.15) is 5.52 Å². The van der Waals surface area contributed by atoms with Gasteiger partial charge in [-0.15, -0.1) is 6.58 Å². The molecule has 3 aromatic heterocycles. The van der Waals surface area contributed by atoms with Crippen LogP contribution in [0.15, 0.2) is 34.3 Å². The standard InChI is InChI=1S/C14H13N3O2/c1-4-5-17-7-15-11-10-8(2)6-9(3)16-13(10)19-12(11)14(17)18/h4,6-7H,1,5H2,2-3H3. The fourth-order valence-electron chi connectivity index (χ4n) is 2.27. The molecular weight excluding hydrogens is 242 g/mol. The number of aryl methyl sites for hydroxylation is 2. The summed E-state index contributed by atoms with van der Waals surface area (Å²) < 4.78 is 7.05. The number of pyridine rings is 1. The molecule has 5 heteroatoms. The normalized spacial score (nSPS) is 11.3. The van der Waals surface area contributed by atoms with E-state index in [9.17, 15) is 4.79 Å². The minimum atomic E-state index is -0.208. The van der Waals surface area contributed by atoms with E-state index in [1.807, 2.05) is 19.9 Å². The summed E-state index contributed by atoms with van der Waals surface area (Å²) in [7, 11) is 0. The molecule has 0 bridgehead atoms. The van der Waals surface area contributed by atoms with Gasteiger partial charge in [-0.3, -0.25) is 9.36 Å². The molecule has 0 fully saturated rings. The highest BCUT2D eigenvalue weighted by Gasteiger charge is 2.16. The summed E-state index contributed by atoms with van der Waals surface area (Å²) in [6.45, 7) is 7.88. The van der Waals surface area contributed by atoms with Gasteiger partial charge in [0.15, 0.2) is 0 Å². The Morgan fingerprint density at radius 3 is 3.00 bits per heavy atom. The highest BCUT2D eigenvalue weighted by atomic mass is 16.3. The van der Waals surface area contributed by atoms with Gasteiger partial charge >= 0.3 is 0 Å². The summed E-state index contributed by atoms with van der Waals surface area (Å²) in [5, 5.41) is 0.809. The van der Waals surface area contributed by atoms with Gasteiger partial charge in [-0.25, -0.2) is 9.97 Å². The van der Waals surface area contributed by atoms with Crippen LogP contribution in [0.3, 0.4) is 0 Å².